The van der Waals surface area contributed by atoms with E-state index in [1.807, 2.05) is 20.8 Å². The van der Waals surface area contributed by atoms with Gasteiger partial charge in [-0.05, 0) is 50.6 Å². The highest BCUT2D eigenvalue weighted by Crippen LogP contribution is 2.26. The van der Waals surface area contributed by atoms with Gasteiger partial charge in [0, 0.05) is 6.04 Å². The summed E-state index contributed by atoms with van der Waals surface area (Å²) in [6, 6.07) is 8.66. The monoisotopic (exact) mass is 335 g/mol. The lowest BCUT2D eigenvalue weighted by Gasteiger charge is -2.13. The molecule has 0 amide bonds. The first kappa shape index (κ1) is 17.1. The number of aromatic nitrogens is 1. The van der Waals surface area contributed by atoms with Crippen LogP contribution in [-0.2, 0) is 10.0 Å². The molecule has 124 valence electrons. The molecule has 0 unspecified atom stereocenters. The molecule has 6 nitrogen and oxygen atoms in total. The van der Waals surface area contributed by atoms with Crippen LogP contribution in [0.2, 0.25) is 0 Å². The molecule has 0 bridgehead atoms. The van der Waals surface area contributed by atoms with Crippen LogP contribution in [0.25, 0.3) is 0 Å². The van der Waals surface area contributed by atoms with Crippen molar-refractivity contribution in [2.24, 2.45) is 0 Å². The SMILES string of the molecule is COc1ccc(C)cc1S(=O)(=O)Nc1ccc(NC(C)C)cn1. The molecule has 2 aromatic rings. The van der Waals surface area contributed by atoms with E-state index in [0.29, 0.717) is 5.75 Å². The molecule has 0 spiro atoms. The minimum absolute atomic E-state index is 0.0891. The summed E-state index contributed by atoms with van der Waals surface area (Å²) in [7, 11) is -2.33. The number of methoxy groups -OCH3 is 1. The molecule has 2 rings (SSSR count). The number of sulfonamides is 1. The molecule has 0 aliphatic heterocycles. The summed E-state index contributed by atoms with van der Waals surface area (Å²) in [5.41, 5.74) is 1.66. The fraction of sp³-hybridized carbons (Fsp3) is 0.312. The Labute approximate surface area is 137 Å². The zero-order valence-corrected chi connectivity index (χ0v) is 14.4. The third kappa shape index (κ3) is 4.35. The third-order valence-electron chi connectivity index (χ3n) is 3.07. The maximum Gasteiger partial charge on any atom is 0.266 e. The maximum absolute atomic E-state index is 12.5. The van der Waals surface area contributed by atoms with Crippen LogP contribution in [0.3, 0.4) is 0 Å². The van der Waals surface area contributed by atoms with Gasteiger partial charge in [-0.2, -0.15) is 0 Å². The first-order valence-corrected chi connectivity index (χ1v) is 8.70. The summed E-state index contributed by atoms with van der Waals surface area (Å²) in [5.74, 6) is 0.545. The number of hydrogen-bond acceptors (Lipinski definition) is 5. The van der Waals surface area contributed by atoms with E-state index in [2.05, 4.69) is 15.0 Å². The molecule has 0 saturated carbocycles. The molecule has 0 radical (unpaired) electrons. The van der Waals surface area contributed by atoms with Gasteiger partial charge < -0.3 is 10.1 Å². The Hall–Kier alpha value is -2.28. The zero-order chi connectivity index (χ0) is 17.0. The number of nitrogens with zero attached hydrogens (tertiary/aromatic N) is 1. The summed E-state index contributed by atoms with van der Waals surface area (Å²) in [4.78, 5) is 4.22. The summed E-state index contributed by atoms with van der Waals surface area (Å²) in [6.07, 6.45) is 1.59. The lowest BCUT2D eigenvalue weighted by molar-refractivity contribution is 0.402. The normalized spacial score (nSPS) is 11.3. The van der Waals surface area contributed by atoms with Gasteiger partial charge in [-0.1, -0.05) is 6.07 Å². The first-order chi connectivity index (χ1) is 10.8. The van der Waals surface area contributed by atoms with Crippen LogP contribution in [-0.4, -0.2) is 26.6 Å². The second-order valence-corrected chi connectivity index (χ2v) is 7.14. The Morgan fingerprint density at radius 1 is 1.17 bits per heavy atom. The largest absolute Gasteiger partial charge is 0.495 e. The highest BCUT2D eigenvalue weighted by molar-refractivity contribution is 7.92. The Bertz CT molecular complexity index is 772. The van der Waals surface area contributed by atoms with Crippen molar-refractivity contribution in [3.63, 3.8) is 0 Å². The molecule has 2 N–H and O–H groups in total. The van der Waals surface area contributed by atoms with Crippen molar-refractivity contribution in [3.8, 4) is 5.75 Å². The van der Waals surface area contributed by atoms with Gasteiger partial charge in [-0.3, -0.25) is 4.72 Å². The zero-order valence-electron chi connectivity index (χ0n) is 13.6. The van der Waals surface area contributed by atoms with Gasteiger partial charge in [0.2, 0.25) is 0 Å². The number of nitrogens with one attached hydrogen (secondary N) is 2. The molecule has 23 heavy (non-hydrogen) atoms. The fourth-order valence-electron chi connectivity index (χ4n) is 2.06. The molecule has 0 aliphatic rings. The number of aryl methyl sites for hydroxylation is 1. The minimum Gasteiger partial charge on any atom is -0.495 e. The van der Waals surface area contributed by atoms with Crippen LogP contribution in [0, 0.1) is 6.92 Å². The predicted molar refractivity (Wildman–Crippen MR) is 91.5 cm³/mol. The predicted octanol–water partition coefficient (Wildman–Crippen LogP) is 3.02. The van der Waals surface area contributed by atoms with E-state index in [4.69, 9.17) is 4.74 Å². The topological polar surface area (TPSA) is 80.3 Å². The number of pyridine rings is 1. The van der Waals surface area contributed by atoms with Gasteiger partial charge in [-0.25, -0.2) is 13.4 Å². The fourth-order valence-corrected chi connectivity index (χ4v) is 3.32. The van der Waals surface area contributed by atoms with Crippen LogP contribution in [0.1, 0.15) is 19.4 Å². The number of hydrogen-bond donors (Lipinski definition) is 2. The first-order valence-electron chi connectivity index (χ1n) is 7.22. The van der Waals surface area contributed by atoms with Crippen molar-refractivity contribution < 1.29 is 13.2 Å². The van der Waals surface area contributed by atoms with Gasteiger partial charge in [0.05, 0.1) is 19.0 Å². The minimum atomic E-state index is -3.77. The van der Waals surface area contributed by atoms with E-state index in [1.54, 1.807) is 36.5 Å². The lowest BCUT2D eigenvalue weighted by atomic mass is 10.2. The van der Waals surface area contributed by atoms with Gasteiger partial charge in [0.1, 0.15) is 16.5 Å². The van der Waals surface area contributed by atoms with E-state index in [0.717, 1.165) is 11.3 Å². The van der Waals surface area contributed by atoms with Crippen LogP contribution in [0.4, 0.5) is 11.5 Å². The molecular formula is C16H21N3O3S. The molecule has 0 aliphatic carbocycles. The van der Waals surface area contributed by atoms with Gasteiger partial charge >= 0.3 is 0 Å². The summed E-state index contributed by atoms with van der Waals surface area (Å²) >= 11 is 0. The van der Waals surface area contributed by atoms with E-state index in [-0.39, 0.29) is 16.8 Å². The molecule has 0 atom stereocenters. The second kappa shape index (κ2) is 6.87. The highest BCUT2D eigenvalue weighted by Gasteiger charge is 2.20. The Kier molecular flexibility index (Phi) is 5.10. The van der Waals surface area contributed by atoms with E-state index < -0.39 is 10.0 Å². The van der Waals surface area contributed by atoms with Crippen LogP contribution in [0.15, 0.2) is 41.4 Å². The molecule has 1 aromatic carbocycles. The van der Waals surface area contributed by atoms with Crippen molar-refractivity contribution in [1.82, 2.24) is 4.98 Å². The summed E-state index contributed by atoms with van der Waals surface area (Å²) in [6.45, 7) is 5.85. The maximum atomic E-state index is 12.5. The lowest BCUT2D eigenvalue weighted by Crippen LogP contribution is -2.15. The van der Waals surface area contributed by atoms with Crippen molar-refractivity contribution >= 4 is 21.5 Å². The Morgan fingerprint density at radius 3 is 2.48 bits per heavy atom. The van der Waals surface area contributed by atoms with Crippen LogP contribution in [0.5, 0.6) is 5.75 Å². The smallest absolute Gasteiger partial charge is 0.266 e. The third-order valence-corrected chi connectivity index (χ3v) is 4.44. The van der Waals surface area contributed by atoms with Crippen molar-refractivity contribution in [3.05, 3.63) is 42.1 Å². The van der Waals surface area contributed by atoms with Gasteiger partial charge in [-0.15, -0.1) is 0 Å². The van der Waals surface area contributed by atoms with Crippen molar-refractivity contribution in [1.29, 1.82) is 0 Å². The van der Waals surface area contributed by atoms with E-state index >= 15 is 0 Å². The summed E-state index contributed by atoms with van der Waals surface area (Å²) in [5, 5.41) is 3.19. The average Bonchev–Trinajstić information content (AvgIpc) is 2.48. The number of ether oxygens (including phenoxy) is 1. The molecule has 0 saturated heterocycles. The van der Waals surface area contributed by atoms with Gasteiger partial charge in [0.25, 0.3) is 10.0 Å². The quantitative estimate of drug-likeness (QED) is 0.848. The standard InChI is InChI=1S/C16H21N3O3S/c1-11(2)18-13-6-8-16(17-10-13)19-23(20,21)15-9-12(3)5-7-14(15)22-4/h5-11,18H,1-4H3,(H,17,19). The second-order valence-electron chi connectivity index (χ2n) is 5.49. The molecular weight excluding hydrogens is 314 g/mol. The van der Waals surface area contributed by atoms with E-state index in [1.165, 1.54) is 7.11 Å². The highest BCUT2D eigenvalue weighted by atomic mass is 32.2. The Morgan fingerprint density at radius 2 is 1.91 bits per heavy atom. The molecule has 7 heteroatoms. The van der Waals surface area contributed by atoms with Crippen LogP contribution >= 0.6 is 0 Å². The van der Waals surface area contributed by atoms with E-state index in [9.17, 15) is 8.42 Å². The number of rotatable bonds is 6. The van der Waals surface area contributed by atoms with Crippen LogP contribution < -0.4 is 14.8 Å². The number of anilines is 2. The average molecular weight is 335 g/mol. The Balaban J connectivity index is 2.26. The van der Waals surface area contributed by atoms with Gasteiger partial charge in [0.15, 0.2) is 0 Å². The van der Waals surface area contributed by atoms with Crippen molar-refractivity contribution in [2.45, 2.75) is 31.7 Å². The molecule has 1 heterocycles. The number of benzene rings is 1. The summed E-state index contributed by atoms with van der Waals surface area (Å²) < 4.78 is 32.7. The molecule has 0 fully saturated rings. The van der Waals surface area contributed by atoms with Crippen molar-refractivity contribution in [2.75, 3.05) is 17.1 Å². The molecule has 1 aromatic heterocycles.